The van der Waals surface area contributed by atoms with Crippen LogP contribution >= 0.6 is 0 Å². The third kappa shape index (κ3) is 2.80. The molecule has 2 aromatic carbocycles. The smallest absolute Gasteiger partial charge is 0.349 e. The number of aryl methyl sites for hydroxylation is 2. The van der Waals surface area contributed by atoms with Crippen molar-refractivity contribution in [3.05, 3.63) is 76.0 Å². The quantitative estimate of drug-likeness (QED) is 0.666. The van der Waals surface area contributed by atoms with Crippen molar-refractivity contribution in [1.29, 1.82) is 0 Å². The molecule has 0 radical (unpaired) electrons. The normalized spacial score (nSPS) is 12.9. The Bertz CT molecular complexity index is 1270. The molecule has 0 saturated carbocycles. The third-order valence-electron chi connectivity index (χ3n) is 4.62. The van der Waals surface area contributed by atoms with Gasteiger partial charge in [-0.3, -0.25) is 4.79 Å². The molecular weight excluding hydrogens is 384 g/mol. The van der Waals surface area contributed by atoms with Gasteiger partial charge >= 0.3 is 5.69 Å². The average Bonchev–Trinajstić information content (AvgIpc) is 3.29. The zero-order valence-electron chi connectivity index (χ0n) is 15.1. The molecule has 4 rings (SSSR count). The Morgan fingerprint density at radius 3 is 2.46 bits per heavy atom. The highest BCUT2D eigenvalue weighted by atomic mass is 32.2. The zero-order valence-corrected chi connectivity index (χ0v) is 15.9. The van der Waals surface area contributed by atoms with Crippen LogP contribution in [-0.2, 0) is 10.0 Å². The Morgan fingerprint density at radius 2 is 1.71 bits per heavy atom. The van der Waals surface area contributed by atoms with E-state index in [1.54, 1.807) is 19.1 Å². The Balaban J connectivity index is 1.74. The standard InChI is InChI=1S/C19H16N2O6S/c1-12-3-5-15(9-13(12)2)28(24,25)21-8-7-20(19(21)23)18(22)14-4-6-16-17(10-14)27-11-26-16/h3-10H,11H2,1-2H3. The highest BCUT2D eigenvalue weighted by Gasteiger charge is 2.24. The lowest BCUT2D eigenvalue weighted by Crippen LogP contribution is -2.32. The van der Waals surface area contributed by atoms with Crippen LogP contribution in [0.5, 0.6) is 11.5 Å². The van der Waals surface area contributed by atoms with E-state index in [-0.39, 0.29) is 17.3 Å². The Hall–Kier alpha value is -3.33. The molecule has 0 spiro atoms. The van der Waals surface area contributed by atoms with E-state index in [2.05, 4.69) is 0 Å². The summed E-state index contributed by atoms with van der Waals surface area (Å²) in [5.41, 5.74) is 0.917. The molecule has 28 heavy (non-hydrogen) atoms. The van der Waals surface area contributed by atoms with Crippen molar-refractivity contribution in [3.8, 4) is 11.5 Å². The predicted octanol–water partition coefficient (Wildman–Crippen LogP) is 1.92. The number of fused-ring (bicyclic) bond motifs is 1. The molecule has 0 atom stereocenters. The summed E-state index contributed by atoms with van der Waals surface area (Å²) in [6.45, 7) is 3.70. The van der Waals surface area contributed by atoms with Crippen LogP contribution in [0.15, 0.2) is 58.5 Å². The van der Waals surface area contributed by atoms with Crippen LogP contribution in [0.1, 0.15) is 21.5 Å². The van der Waals surface area contributed by atoms with Crippen LogP contribution in [0.4, 0.5) is 0 Å². The molecule has 1 aromatic heterocycles. The van der Waals surface area contributed by atoms with E-state index in [0.717, 1.165) is 28.1 Å². The van der Waals surface area contributed by atoms with Gasteiger partial charge in [0, 0.05) is 18.0 Å². The van der Waals surface area contributed by atoms with E-state index in [0.29, 0.717) is 15.5 Å². The third-order valence-corrected chi connectivity index (χ3v) is 6.26. The molecule has 0 fully saturated rings. The number of ether oxygens (including phenoxy) is 2. The first-order valence-corrected chi connectivity index (χ1v) is 9.80. The fourth-order valence-electron chi connectivity index (χ4n) is 2.86. The van der Waals surface area contributed by atoms with Gasteiger partial charge in [-0.05, 0) is 55.3 Å². The summed E-state index contributed by atoms with van der Waals surface area (Å²) in [6, 6.07) is 9.09. The number of nitrogens with zero attached hydrogens (tertiary/aromatic N) is 2. The maximum atomic E-state index is 12.8. The summed E-state index contributed by atoms with van der Waals surface area (Å²) in [5.74, 6) is 0.220. The number of carbonyl (C=O) groups excluding carboxylic acids is 1. The van der Waals surface area contributed by atoms with Crippen molar-refractivity contribution in [1.82, 2.24) is 8.54 Å². The van der Waals surface area contributed by atoms with Gasteiger partial charge < -0.3 is 9.47 Å². The number of benzene rings is 2. The molecule has 0 unspecified atom stereocenters. The number of aromatic nitrogens is 2. The second-order valence-electron chi connectivity index (χ2n) is 6.37. The number of hydrogen-bond acceptors (Lipinski definition) is 6. The molecular formula is C19H16N2O6S. The fraction of sp³-hybridized carbons (Fsp3) is 0.158. The summed E-state index contributed by atoms with van der Waals surface area (Å²) in [4.78, 5) is 25.3. The molecule has 0 N–H and O–H groups in total. The zero-order chi connectivity index (χ0) is 20.1. The van der Waals surface area contributed by atoms with Crippen LogP contribution in [-0.4, -0.2) is 29.7 Å². The first-order chi connectivity index (χ1) is 13.3. The lowest BCUT2D eigenvalue weighted by Gasteiger charge is -2.07. The fourth-order valence-corrected chi connectivity index (χ4v) is 4.16. The Morgan fingerprint density at radius 1 is 0.964 bits per heavy atom. The first kappa shape index (κ1) is 18.1. The van der Waals surface area contributed by atoms with Crippen LogP contribution in [0.25, 0.3) is 0 Å². The van der Waals surface area contributed by atoms with Gasteiger partial charge in [0.2, 0.25) is 6.79 Å². The molecule has 2 heterocycles. The molecule has 1 aliphatic rings. The topological polar surface area (TPSA) is 96.6 Å². The van der Waals surface area contributed by atoms with Crippen LogP contribution in [0.3, 0.4) is 0 Å². The molecule has 0 amide bonds. The van der Waals surface area contributed by atoms with E-state index < -0.39 is 21.6 Å². The lowest BCUT2D eigenvalue weighted by molar-refractivity contribution is 0.0955. The number of imidazole rings is 1. The highest BCUT2D eigenvalue weighted by Crippen LogP contribution is 2.32. The van der Waals surface area contributed by atoms with E-state index in [1.807, 2.05) is 6.92 Å². The minimum atomic E-state index is -4.13. The van der Waals surface area contributed by atoms with Crippen molar-refractivity contribution in [2.45, 2.75) is 18.7 Å². The molecule has 9 heteroatoms. The van der Waals surface area contributed by atoms with Gasteiger partial charge in [0.25, 0.3) is 15.9 Å². The van der Waals surface area contributed by atoms with Gasteiger partial charge in [-0.2, -0.15) is 3.97 Å². The maximum Gasteiger partial charge on any atom is 0.349 e. The van der Waals surface area contributed by atoms with E-state index in [1.165, 1.54) is 24.3 Å². The summed E-state index contributed by atoms with van der Waals surface area (Å²) in [7, 11) is -4.13. The molecule has 0 aliphatic carbocycles. The predicted molar refractivity (Wildman–Crippen MR) is 99.5 cm³/mol. The van der Waals surface area contributed by atoms with Gasteiger partial charge in [-0.1, -0.05) is 6.07 Å². The van der Waals surface area contributed by atoms with E-state index in [4.69, 9.17) is 9.47 Å². The van der Waals surface area contributed by atoms with Gasteiger partial charge in [0.05, 0.1) is 4.90 Å². The number of carbonyl (C=O) groups is 1. The summed E-state index contributed by atoms with van der Waals surface area (Å²) >= 11 is 0. The van der Waals surface area contributed by atoms with Crippen molar-refractivity contribution in [2.75, 3.05) is 6.79 Å². The van der Waals surface area contributed by atoms with Crippen LogP contribution in [0, 0.1) is 13.8 Å². The molecule has 144 valence electrons. The van der Waals surface area contributed by atoms with Crippen LogP contribution < -0.4 is 15.2 Å². The molecule has 8 nitrogen and oxygen atoms in total. The van der Waals surface area contributed by atoms with Gasteiger partial charge in [-0.25, -0.2) is 17.8 Å². The molecule has 0 saturated heterocycles. The van der Waals surface area contributed by atoms with Crippen molar-refractivity contribution < 1.29 is 22.7 Å². The monoisotopic (exact) mass is 400 g/mol. The van der Waals surface area contributed by atoms with Crippen molar-refractivity contribution >= 4 is 15.9 Å². The highest BCUT2D eigenvalue weighted by molar-refractivity contribution is 7.90. The van der Waals surface area contributed by atoms with Crippen molar-refractivity contribution in [2.24, 2.45) is 0 Å². The SMILES string of the molecule is Cc1ccc(S(=O)(=O)n2ccn(C(=O)c3ccc4c(c3)OCO4)c2=O)cc1C. The average molecular weight is 400 g/mol. The first-order valence-electron chi connectivity index (χ1n) is 8.36. The summed E-state index contributed by atoms with van der Waals surface area (Å²) in [6.07, 6.45) is 2.20. The van der Waals surface area contributed by atoms with Gasteiger partial charge in [0.1, 0.15) is 0 Å². The minimum Gasteiger partial charge on any atom is -0.454 e. The Kier molecular flexibility index (Phi) is 4.11. The van der Waals surface area contributed by atoms with E-state index >= 15 is 0 Å². The number of hydrogen-bond donors (Lipinski definition) is 0. The van der Waals surface area contributed by atoms with Gasteiger partial charge in [0.15, 0.2) is 11.5 Å². The largest absolute Gasteiger partial charge is 0.454 e. The number of rotatable bonds is 3. The molecule has 3 aromatic rings. The van der Waals surface area contributed by atoms with Gasteiger partial charge in [-0.15, -0.1) is 0 Å². The maximum absolute atomic E-state index is 12.8. The van der Waals surface area contributed by atoms with Crippen molar-refractivity contribution in [3.63, 3.8) is 0 Å². The van der Waals surface area contributed by atoms with E-state index in [9.17, 15) is 18.0 Å². The summed E-state index contributed by atoms with van der Waals surface area (Å²) in [5, 5.41) is 0. The lowest BCUT2D eigenvalue weighted by atomic mass is 10.1. The summed E-state index contributed by atoms with van der Waals surface area (Å²) < 4.78 is 37.4. The molecule has 0 bridgehead atoms. The van der Waals surface area contributed by atoms with Crippen LogP contribution in [0.2, 0.25) is 0 Å². The second kappa shape index (κ2) is 6.38. The molecule has 1 aliphatic heterocycles. The minimum absolute atomic E-state index is 0.0222. The second-order valence-corrected chi connectivity index (χ2v) is 8.19. The Labute approximate surface area is 160 Å².